The van der Waals surface area contributed by atoms with Gasteiger partial charge in [-0.2, -0.15) is 0 Å². The van der Waals surface area contributed by atoms with E-state index in [9.17, 15) is 4.79 Å². The molecule has 158 valence electrons. The van der Waals surface area contributed by atoms with Crippen LogP contribution in [-0.2, 0) is 22.6 Å². The van der Waals surface area contributed by atoms with Crippen LogP contribution in [0, 0.1) is 0 Å². The van der Waals surface area contributed by atoms with E-state index in [0.717, 1.165) is 24.5 Å². The van der Waals surface area contributed by atoms with Crippen LogP contribution in [0.5, 0.6) is 0 Å². The second kappa shape index (κ2) is 11.5. The lowest BCUT2D eigenvalue weighted by Gasteiger charge is -2.23. The molecular formula is C20H33IN4O3. The van der Waals surface area contributed by atoms with Gasteiger partial charge in [0.2, 0.25) is 0 Å². The number of nitrogens with one attached hydrogen (secondary N) is 2. The summed E-state index contributed by atoms with van der Waals surface area (Å²) < 4.78 is 10.5. The van der Waals surface area contributed by atoms with Gasteiger partial charge in [0, 0.05) is 33.8 Å². The summed E-state index contributed by atoms with van der Waals surface area (Å²) in [5.74, 6) is 0.837. The van der Waals surface area contributed by atoms with Crippen molar-refractivity contribution in [2.75, 3.05) is 27.2 Å². The summed E-state index contributed by atoms with van der Waals surface area (Å²) in [6.45, 7) is 8.46. The molecule has 1 saturated heterocycles. The number of benzene rings is 1. The molecule has 0 spiro atoms. The second-order valence-electron chi connectivity index (χ2n) is 7.73. The van der Waals surface area contributed by atoms with E-state index in [2.05, 4.69) is 44.8 Å². The van der Waals surface area contributed by atoms with Gasteiger partial charge in [0.05, 0.1) is 12.6 Å². The van der Waals surface area contributed by atoms with Crippen molar-refractivity contribution < 1.29 is 14.3 Å². The monoisotopic (exact) mass is 504 g/mol. The highest BCUT2D eigenvalue weighted by atomic mass is 127. The van der Waals surface area contributed by atoms with E-state index >= 15 is 0 Å². The maximum Gasteiger partial charge on any atom is 0.407 e. The number of guanidine groups is 1. The molecule has 7 nitrogen and oxygen atoms in total. The average molecular weight is 504 g/mol. The molecule has 1 aromatic rings. The van der Waals surface area contributed by atoms with Crippen molar-refractivity contribution in [3.8, 4) is 0 Å². The number of aliphatic imine (C=N–C) groups is 1. The third-order valence-electron chi connectivity index (χ3n) is 4.21. The van der Waals surface area contributed by atoms with Crippen LogP contribution in [0.15, 0.2) is 29.3 Å². The smallest absolute Gasteiger partial charge is 0.407 e. The number of hydrogen-bond acceptors (Lipinski definition) is 4. The van der Waals surface area contributed by atoms with Gasteiger partial charge in [-0.3, -0.25) is 4.99 Å². The molecule has 28 heavy (non-hydrogen) atoms. The predicted molar refractivity (Wildman–Crippen MR) is 122 cm³/mol. The first kappa shape index (κ1) is 24.5. The summed E-state index contributed by atoms with van der Waals surface area (Å²) in [6.07, 6.45) is 0.500. The Hall–Kier alpha value is -1.55. The fourth-order valence-electron chi connectivity index (χ4n) is 2.98. The Morgan fingerprint density at radius 2 is 1.89 bits per heavy atom. The number of methoxy groups -OCH3 is 1. The molecule has 1 unspecified atom stereocenters. The molecule has 1 aliphatic rings. The molecule has 2 N–H and O–H groups in total. The first-order chi connectivity index (χ1) is 12.8. The SMILES string of the molecule is CN=C(NCc1ccc(COC)cc1)N1CCC(NC(=O)OC(C)(C)C)C1.I. The van der Waals surface area contributed by atoms with Gasteiger partial charge in [0.1, 0.15) is 5.60 Å². The van der Waals surface area contributed by atoms with Crippen molar-refractivity contribution in [3.05, 3.63) is 35.4 Å². The number of nitrogens with zero attached hydrogens (tertiary/aromatic N) is 2. The molecule has 8 heteroatoms. The van der Waals surface area contributed by atoms with Crippen molar-refractivity contribution in [2.24, 2.45) is 4.99 Å². The number of amides is 1. The Labute approximate surface area is 185 Å². The highest BCUT2D eigenvalue weighted by Gasteiger charge is 2.27. The maximum absolute atomic E-state index is 11.9. The Kier molecular flexibility index (Phi) is 10.0. The molecule has 0 aromatic heterocycles. The predicted octanol–water partition coefficient (Wildman–Crippen LogP) is 3.13. The number of carbonyl (C=O) groups is 1. The Morgan fingerprint density at radius 3 is 2.46 bits per heavy atom. The summed E-state index contributed by atoms with van der Waals surface area (Å²) in [5.41, 5.74) is 1.85. The van der Waals surface area contributed by atoms with Gasteiger partial charge >= 0.3 is 6.09 Å². The van der Waals surface area contributed by atoms with Crippen molar-refractivity contribution >= 4 is 36.0 Å². The zero-order valence-corrected chi connectivity index (χ0v) is 19.8. The van der Waals surface area contributed by atoms with Crippen LogP contribution in [0.1, 0.15) is 38.3 Å². The maximum atomic E-state index is 11.9. The molecule has 1 amide bonds. The van der Waals surface area contributed by atoms with Crippen LogP contribution in [0.3, 0.4) is 0 Å². The molecule has 0 radical (unpaired) electrons. The zero-order chi connectivity index (χ0) is 19.9. The highest BCUT2D eigenvalue weighted by Crippen LogP contribution is 2.12. The number of alkyl carbamates (subject to hydrolysis) is 1. The largest absolute Gasteiger partial charge is 0.444 e. The highest BCUT2D eigenvalue weighted by molar-refractivity contribution is 14.0. The number of ether oxygens (including phenoxy) is 2. The van der Waals surface area contributed by atoms with Crippen LogP contribution >= 0.6 is 24.0 Å². The van der Waals surface area contributed by atoms with Crippen LogP contribution in [0.25, 0.3) is 0 Å². The van der Waals surface area contributed by atoms with Crippen molar-refractivity contribution in [1.29, 1.82) is 0 Å². The number of hydrogen-bond donors (Lipinski definition) is 2. The Balaban J connectivity index is 0.00000392. The van der Waals surface area contributed by atoms with E-state index in [0.29, 0.717) is 19.7 Å². The molecule has 1 atom stereocenters. The van der Waals surface area contributed by atoms with Crippen LogP contribution < -0.4 is 10.6 Å². The summed E-state index contributed by atoms with van der Waals surface area (Å²) in [5, 5.41) is 6.33. The van der Waals surface area contributed by atoms with E-state index in [1.165, 1.54) is 5.56 Å². The topological polar surface area (TPSA) is 75.2 Å². The van der Waals surface area contributed by atoms with Crippen molar-refractivity contribution in [3.63, 3.8) is 0 Å². The zero-order valence-electron chi connectivity index (χ0n) is 17.4. The van der Waals surface area contributed by atoms with Crippen LogP contribution in [-0.4, -0.2) is 55.8 Å². The quantitative estimate of drug-likeness (QED) is 0.366. The summed E-state index contributed by atoms with van der Waals surface area (Å²) in [4.78, 5) is 18.5. The minimum atomic E-state index is -0.487. The first-order valence-electron chi connectivity index (χ1n) is 9.32. The standard InChI is InChI=1S/C20H32N4O3.HI/c1-20(2,3)27-19(25)23-17-10-11-24(13-17)18(21-4)22-12-15-6-8-16(9-7-15)14-26-5;/h6-9,17H,10-14H2,1-5H3,(H,21,22)(H,23,25);1H. The summed E-state index contributed by atoms with van der Waals surface area (Å²) >= 11 is 0. The average Bonchev–Trinajstić information content (AvgIpc) is 3.03. The lowest BCUT2D eigenvalue weighted by Crippen LogP contribution is -2.44. The van der Waals surface area contributed by atoms with Crippen LogP contribution in [0.2, 0.25) is 0 Å². The fraction of sp³-hybridized carbons (Fsp3) is 0.600. The van der Waals surface area contributed by atoms with Gasteiger partial charge in [-0.15, -0.1) is 24.0 Å². The lowest BCUT2D eigenvalue weighted by molar-refractivity contribution is 0.0507. The fourth-order valence-corrected chi connectivity index (χ4v) is 2.98. The Bertz CT molecular complexity index is 644. The van der Waals surface area contributed by atoms with E-state index in [-0.39, 0.29) is 36.1 Å². The van der Waals surface area contributed by atoms with Crippen molar-refractivity contribution in [2.45, 2.75) is 52.0 Å². The van der Waals surface area contributed by atoms with E-state index < -0.39 is 5.60 Å². The van der Waals surface area contributed by atoms with Crippen molar-refractivity contribution in [1.82, 2.24) is 15.5 Å². The number of carbonyl (C=O) groups excluding carboxylic acids is 1. The third kappa shape index (κ3) is 8.22. The second-order valence-corrected chi connectivity index (χ2v) is 7.73. The lowest BCUT2D eigenvalue weighted by atomic mass is 10.1. The molecule has 0 bridgehead atoms. The molecule has 1 heterocycles. The summed E-state index contributed by atoms with van der Waals surface area (Å²) in [7, 11) is 3.47. The van der Waals surface area contributed by atoms with Gasteiger partial charge in [-0.05, 0) is 38.3 Å². The minimum absolute atomic E-state index is 0. The normalized spacial score (nSPS) is 17.1. The molecule has 1 aromatic carbocycles. The molecule has 1 aliphatic heterocycles. The molecule has 2 rings (SSSR count). The molecule has 0 aliphatic carbocycles. The van der Waals surface area contributed by atoms with Gasteiger partial charge in [0.25, 0.3) is 0 Å². The Morgan fingerprint density at radius 1 is 1.25 bits per heavy atom. The first-order valence-corrected chi connectivity index (χ1v) is 9.32. The van der Waals surface area contributed by atoms with E-state index in [1.54, 1.807) is 14.2 Å². The third-order valence-corrected chi connectivity index (χ3v) is 4.21. The number of rotatable bonds is 5. The van der Waals surface area contributed by atoms with Gasteiger partial charge in [-0.1, -0.05) is 24.3 Å². The minimum Gasteiger partial charge on any atom is -0.444 e. The van der Waals surface area contributed by atoms with Gasteiger partial charge in [-0.25, -0.2) is 4.79 Å². The van der Waals surface area contributed by atoms with E-state index in [1.807, 2.05) is 20.8 Å². The van der Waals surface area contributed by atoms with Crippen LogP contribution in [0.4, 0.5) is 4.79 Å². The van der Waals surface area contributed by atoms with Gasteiger partial charge < -0.3 is 25.0 Å². The number of halogens is 1. The molecule has 1 fully saturated rings. The van der Waals surface area contributed by atoms with E-state index in [4.69, 9.17) is 9.47 Å². The molecule has 0 saturated carbocycles. The number of likely N-dealkylation sites (tertiary alicyclic amines) is 1. The molecular weight excluding hydrogens is 471 g/mol. The summed E-state index contributed by atoms with van der Waals surface area (Å²) in [6, 6.07) is 8.38. The van der Waals surface area contributed by atoms with Gasteiger partial charge in [0.15, 0.2) is 5.96 Å².